The number of rotatable bonds is 10. The van der Waals surface area contributed by atoms with E-state index in [-0.39, 0.29) is 54.3 Å². The first-order valence-corrected chi connectivity index (χ1v) is 8.06. The zero-order valence-corrected chi connectivity index (χ0v) is 14.3. The van der Waals surface area contributed by atoms with Gasteiger partial charge in [0.05, 0.1) is 0 Å². The van der Waals surface area contributed by atoms with Gasteiger partial charge in [0.1, 0.15) is 12.0 Å². The fraction of sp³-hybridized carbons (Fsp3) is 0.882. The molecular weight excluding hydrogens is 406 g/mol. The van der Waals surface area contributed by atoms with Gasteiger partial charge in [0, 0.05) is 5.41 Å². The van der Waals surface area contributed by atoms with Gasteiger partial charge in [0.15, 0.2) is 0 Å². The predicted octanol–water partition coefficient (Wildman–Crippen LogP) is 3.64. The molecule has 0 aromatic carbocycles. The van der Waals surface area contributed by atoms with E-state index in [2.05, 4.69) is 6.92 Å². The SMILES string of the molecule is CCCCCCCCC(C)(OC(=O)CC(=O)O)C(C)(C)C.[BaH2]. The minimum absolute atomic E-state index is 0. The van der Waals surface area contributed by atoms with E-state index in [1.165, 1.54) is 25.7 Å². The molecule has 0 radical (unpaired) electrons. The van der Waals surface area contributed by atoms with Crippen LogP contribution in [0, 0.1) is 5.41 Å². The average molecular weight is 440 g/mol. The summed E-state index contributed by atoms with van der Waals surface area (Å²) in [7, 11) is 0. The van der Waals surface area contributed by atoms with Crippen LogP contribution in [0.2, 0.25) is 0 Å². The fourth-order valence-electron chi connectivity index (χ4n) is 2.23. The summed E-state index contributed by atoms with van der Waals surface area (Å²) < 4.78 is 5.52. The van der Waals surface area contributed by atoms with Crippen molar-refractivity contribution >= 4 is 60.8 Å². The Morgan fingerprint density at radius 2 is 1.45 bits per heavy atom. The normalized spacial score (nSPS) is 13.9. The second kappa shape index (κ2) is 12.0. The van der Waals surface area contributed by atoms with Crippen molar-refractivity contribution < 1.29 is 19.4 Å². The summed E-state index contributed by atoms with van der Waals surface area (Å²) >= 11 is 0. The van der Waals surface area contributed by atoms with Gasteiger partial charge in [0.25, 0.3) is 0 Å². The van der Waals surface area contributed by atoms with Gasteiger partial charge in [-0.15, -0.1) is 0 Å². The molecule has 0 saturated carbocycles. The molecule has 22 heavy (non-hydrogen) atoms. The monoisotopic (exact) mass is 440 g/mol. The number of aliphatic carboxylic acids is 1. The van der Waals surface area contributed by atoms with E-state index >= 15 is 0 Å². The van der Waals surface area contributed by atoms with Crippen LogP contribution in [0.15, 0.2) is 0 Å². The third kappa shape index (κ3) is 10.3. The van der Waals surface area contributed by atoms with Crippen molar-refractivity contribution in [2.24, 2.45) is 5.41 Å². The molecule has 1 atom stereocenters. The van der Waals surface area contributed by atoms with Gasteiger partial charge in [-0.05, 0) is 19.8 Å². The molecule has 1 N–H and O–H groups in total. The Morgan fingerprint density at radius 1 is 0.955 bits per heavy atom. The molecule has 0 rings (SSSR count). The van der Waals surface area contributed by atoms with Crippen molar-refractivity contribution in [1.82, 2.24) is 0 Å². The Morgan fingerprint density at radius 3 is 1.91 bits per heavy atom. The average Bonchev–Trinajstić information content (AvgIpc) is 2.31. The van der Waals surface area contributed by atoms with Gasteiger partial charge < -0.3 is 9.84 Å². The van der Waals surface area contributed by atoms with E-state index in [4.69, 9.17) is 9.84 Å². The summed E-state index contributed by atoms with van der Waals surface area (Å²) in [4.78, 5) is 22.3. The molecule has 128 valence electrons. The number of carboxylic acid groups (broad SMARTS) is 1. The number of esters is 1. The van der Waals surface area contributed by atoms with E-state index in [1.807, 2.05) is 27.7 Å². The van der Waals surface area contributed by atoms with Crippen LogP contribution in [0.1, 0.15) is 86.0 Å². The van der Waals surface area contributed by atoms with Gasteiger partial charge in [-0.3, -0.25) is 9.59 Å². The van der Waals surface area contributed by atoms with Crippen molar-refractivity contribution in [2.45, 2.75) is 91.6 Å². The van der Waals surface area contributed by atoms with Crippen molar-refractivity contribution in [1.29, 1.82) is 0 Å². The fourth-order valence-corrected chi connectivity index (χ4v) is 2.23. The summed E-state index contributed by atoms with van der Waals surface area (Å²) in [6.07, 6.45) is 7.28. The Hall–Kier alpha value is 0.511. The zero-order valence-electron chi connectivity index (χ0n) is 14.3. The first-order valence-electron chi connectivity index (χ1n) is 8.06. The summed E-state index contributed by atoms with van der Waals surface area (Å²) in [5, 5.41) is 8.68. The minimum atomic E-state index is -1.14. The quantitative estimate of drug-likeness (QED) is 0.244. The van der Waals surface area contributed by atoms with E-state index in [0.717, 1.165) is 19.3 Å². The molecule has 1 unspecified atom stereocenters. The molecule has 0 aromatic rings. The van der Waals surface area contributed by atoms with Gasteiger partial charge in [-0.1, -0.05) is 59.8 Å². The first kappa shape index (κ1) is 24.8. The summed E-state index contributed by atoms with van der Waals surface area (Å²) in [6, 6.07) is 0. The topological polar surface area (TPSA) is 63.6 Å². The second-order valence-corrected chi connectivity index (χ2v) is 7.04. The third-order valence-corrected chi connectivity index (χ3v) is 4.23. The van der Waals surface area contributed by atoms with Gasteiger partial charge in [-0.25, -0.2) is 0 Å². The Labute approximate surface area is 175 Å². The molecular formula is C17H34BaO4. The number of carboxylic acids is 1. The molecule has 0 amide bonds. The standard InChI is InChI=1S/C17H32O4.Ba.2H/c1-6-7-8-9-10-11-12-17(5,16(2,3)4)21-15(20)13-14(18)19;;;/h6-13H2,1-5H3,(H,18,19);;;. The number of hydrogen-bond acceptors (Lipinski definition) is 3. The van der Waals surface area contributed by atoms with E-state index in [9.17, 15) is 9.59 Å². The van der Waals surface area contributed by atoms with Crippen LogP contribution in [0.3, 0.4) is 0 Å². The molecule has 0 fully saturated rings. The van der Waals surface area contributed by atoms with Crippen LogP contribution in [0.4, 0.5) is 0 Å². The van der Waals surface area contributed by atoms with E-state index in [0.29, 0.717) is 0 Å². The van der Waals surface area contributed by atoms with Crippen LogP contribution in [0.5, 0.6) is 0 Å². The molecule has 0 aliphatic carbocycles. The van der Waals surface area contributed by atoms with E-state index < -0.39 is 24.0 Å². The van der Waals surface area contributed by atoms with Crippen molar-refractivity contribution in [3.8, 4) is 0 Å². The molecule has 0 bridgehead atoms. The molecule has 0 aromatic heterocycles. The van der Waals surface area contributed by atoms with Crippen molar-refractivity contribution in [2.75, 3.05) is 0 Å². The summed E-state index contributed by atoms with van der Waals surface area (Å²) in [5.41, 5.74) is -0.838. The maximum atomic E-state index is 11.7. The van der Waals surface area contributed by atoms with Crippen molar-refractivity contribution in [3.05, 3.63) is 0 Å². The number of ether oxygens (including phenoxy) is 1. The van der Waals surface area contributed by atoms with E-state index in [1.54, 1.807) is 0 Å². The van der Waals surface area contributed by atoms with Crippen molar-refractivity contribution in [3.63, 3.8) is 0 Å². The molecule has 4 nitrogen and oxygen atoms in total. The molecule has 0 aliphatic heterocycles. The predicted molar refractivity (Wildman–Crippen MR) is 92.7 cm³/mol. The third-order valence-electron chi connectivity index (χ3n) is 4.23. The molecule has 0 spiro atoms. The Bertz CT molecular complexity index is 336. The molecule has 0 heterocycles. The second-order valence-electron chi connectivity index (χ2n) is 7.04. The van der Waals surface area contributed by atoms with Crippen LogP contribution < -0.4 is 0 Å². The van der Waals surface area contributed by atoms with Gasteiger partial charge >= 0.3 is 60.8 Å². The van der Waals surface area contributed by atoms with Crippen LogP contribution in [-0.2, 0) is 14.3 Å². The Kier molecular flexibility index (Phi) is 13.5. The van der Waals surface area contributed by atoms with Gasteiger partial charge in [-0.2, -0.15) is 0 Å². The van der Waals surface area contributed by atoms with Gasteiger partial charge in [0.2, 0.25) is 0 Å². The summed E-state index contributed by atoms with van der Waals surface area (Å²) in [6.45, 7) is 10.2. The number of hydrogen-bond donors (Lipinski definition) is 1. The first-order chi connectivity index (χ1) is 9.62. The zero-order chi connectivity index (χ0) is 16.5. The molecule has 0 aliphatic rings. The number of carbonyl (C=O) groups is 2. The number of carbonyl (C=O) groups excluding carboxylic acids is 1. The number of unbranched alkanes of at least 4 members (excludes halogenated alkanes) is 5. The maximum absolute atomic E-state index is 11.7. The molecule has 5 heteroatoms. The van der Waals surface area contributed by atoms with Crippen LogP contribution in [-0.4, -0.2) is 71.5 Å². The summed E-state index contributed by atoms with van der Waals surface area (Å²) in [5.74, 6) is -1.79. The van der Waals surface area contributed by atoms with Crippen LogP contribution >= 0.6 is 0 Å². The molecule has 0 saturated heterocycles. The van der Waals surface area contributed by atoms with Crippen LogP contribution in [0.25, 0.3) is 0 Å². The Balaban J connectivity index is 0.